The van der Waals surface area contributed by atoms with Crippen molar-refractivity contribution in [2.45, 2.75) is 6.92 Å². The monoisotopic (exact) mass is 223 g/mol. The van der Waals surface area contributed by atoms with Crippen LogP contribution in [0.5, 0.6) is 0 Å². The molecule has 1 nitrogen and oxygen atoms in total. The Morgan fingerprint density at radius 1 is 1.00 bits per heavy atom. The Hall–Kier alpha value is -1.84. The topological polar surface area (TPSA) is 12.9 Å². The molecule has 0 spiro atoms. The molecule has 1 aromatic heterocycles. The van der Waals surface area contributed by atoms with Crippen LogP contribution in [0.2, 0.25) is 0 Å². The van der Waals surface area contributed by atoms with Crippen molar-refractivity contribution in [2.75, 3.05) is 0 Å². The molecule has 0 unspecified atom stereocenters. The summed E-state index contributed by atoms with van der Waals surface area (Å²) in [5.41, 5.74) is 0.247. The van der Waals surface area contributed by atoms with Crippen molar-refractivity contribution in [1.29, 1.82) is 0 Å². The first kappa shape index (κ1) is 10.7. The van der Waals surface area contributed by atoms with E-state index in [-0.39, 0.29) is 16.8 Å². The summed E-state index contributed by atoms with van der Waals surface area (Å²) in [7, 11) is 0. The maximum absolute atomic E-state index is 13.5. The van der Waals surface area contributed by atoms with Crippen molar-refractivity contribution in [3.63, 3.8) is 0 Å². The van der Waals surface area contributed by atoms with Crippen LogP contribution in [0.15, 0.2) is 30.5 Å². The summed E-state index contributed by atoms with van der Waals surface area (Å²) in [6.45, 7) is 1.46. The van der Waals surface area contributed by atoms with E-state index in [0.29, 0.717) is 0 Å². The van der Waals surface area contributed by atoms with E-state index in [1.54, 1.807) is 0 Å². The van der Waals surface area contributed by atoms with Crippen molar-refractivity contribution in [3.8, 4) is 11.3 Å². The van der Waals surface area contributed by atoms with Gasteiger partial charge in [-0.05, 0) is 24.6 Å². The van der Waals surface area contributed by atoms with E-state index in [0.717, 1.165) is 12.1 Å². The summed E-state index contributed by atoms with van der Waals surface area (Å²) in [5.74, 6) is -2.47. The lowest BCUT2D eigenvalue weighted by atomic mass is 10.1. The molecule has 2 aromatic rings. The van der Waals surface area contributed by atoms with Gasteiger partial charge in [-0.1, -0.05) is 6.07 Å². The minimum atomic E-state index is -1.00. The molecule has 0 aliphatic carbocycles. The van der Waals surface area contributed by atoms with Crippen LogP contribution in [0.1, 0.15) is 5.56 Å². The fraction of sp³-hybridized carbons (Fsp3) is 0.0833. The van der Waals surface area contributed by atoms with Crippen LogP contribution in [-0.2, 0) is 0 Å². The van der Waals surface area contributed by atoms with E-state index >= 15 is 0 Å². The molecule has 0 atom stereocenters. The Kier molecular flexibility index (Phi) is 2.64. The van der Waals surface area contributed by atoms with Crippen LogP contribution in [-0.4, -0.2) is 4.98 Å². The zero-order valence-electron chi connectivity index (χ0n) is 8.47. The smallest absolute Gasteiger partial charge is 0.168 e. The van der Waals surface area contributed by atoms with Crippen molar-refractivity contribution in [2.24, 2.45) is 0 Å². The Morgan fingerprint density at radius 2 is 1.75 bits per heavy atom. The van der Waals surface area contributed by atoms with Gasteiger partial charge in [-0.2, -0.15) is 0 Å². The van der Waals surface area contributed by atoms with E-state index < -0.39 is 17.5 Å². The minimum absolute atomic E-state index is 0.0393. The van der Waals surface area contributed by atoms with E-state index in [1.165, 1.54) is 25.3 Å². The van der Waals surface area contributed by atoms with E-state index in [1.807, 2.05) is 0 Å². The molecule has 16 heavy (non-hydrogen) atoms. The van der Waals surface area contributed by atoms with Crippen LogP contribution >= 0.6 is 0 Å². The fourth-order valence-corrected chi connectivity index (χ4v) is 1.40. The zero-order chi connectivity index (χ0) is 11.7. The number of pyridine rings is 1. The molecule has 0 saturated heterocycles. The van der Waals surface area contributed by atoms with E-state index in [4.69, 9.17) is 0 Å². The summed E-state index contributed by atoms with van der Waals surface area (Å²) >= 11 is 0. The van der Waals surface area contributed by atoms with Crippen molar-refractivity contribution in [1.82, 2.24) is 4.98 Å². The molecule has 0 amide bonds. The highest BCUT2D eigenvalue weighted by Gasteiger charge is 2.13. The normalized spacial score (nSPS) is 10.5. The maximum atomic E-state index is 13.5. The first-order chi connectivity index (χ1) is 7.59. The molecule has 2 rings (SSSR count). The predicted molar refractivity (Wildman–Crippen MR) is 54.3 cm³/mol. The maximum Gasteiger partial charge on any atom is 0.168 e. The van der Waals surface area contributed by atoms with Crippen molar-refractivity contribution >= 4 is 0 Å². The van der Waals surface area contributed by atoms with Gasteiger partial charge in [0.25, 0.3) is 0 Å². The van der Waals surface area contributed by atoms with Crippen molar-refractivity contribution in [3.05, 3.63) is 53.5 Å². The first-order valence-corrected chi connectivity index (χ1v) is 4.66. The molecular formula is C12H8F3N. The second-order valence-electron chi connectivity index (χ2n) is 3.42. The molecule has 0 fully saturated rings. The predicted octanol–water partition coefficient (Wildman–Crippen LogP) is 3.47. The molecule has 82 valence electrons. The van der Waals surface area contributed by atoms with Crippen molar-refractivity contribution < 1.29 is 13.2 Å². The number of aryl methyl sites for hydroxylation is 1. The third kappa shape index (κ3) is 1.78. The largest absolute Gasteiger partial charge is 0.256 e. The second-order valence-corrected chi connectivity index (χ2v) is 3.42. The van der Waals surface area contributed by atoms with Gasteiger partial charge >= 0.3 is 0 Å². The summed E-state index contributed by atoms with van der Waals surface area (Å²) in [6.07, 6.45) is 1.21. The number of rotatable bonds is 1. The number of aromatic nitrogens is 1. The highest BCUT2D eigenvalue weighted by molar-refractivity contribution is 5.60. The summed E-state index contributed by atoms with van der Waals surface area (Å²) in [6, 6.07) is 5.02. The quantitative estimate of drug-likeness (QED) is 0.721. The SMILES string of the molecule is Cc1ccc(-c2cc(F)ccn2)c(F)c1F. The van der Waals surface area contributed by atoms with Gasteiger partial charge in [0.05, 0.1) is 5.69 Å². The van der Waals surface area contributed by atoms with Gasteiger partial charge in [0.15, 0.2) is 11.6 Å². The van der Waals surface area contributed by atoms with Gasteiger partial charge in [-0.15, -0.1) is 0 Å². The number of nitrogens with zero attached hydrogens (tertiary/aromatic N) is 1. The van der Waals surface area contributed by atoms with Crippen LogP contribution in [0.4, 0.5) is 13.2 Å². The lowest BCUT2D eigenvalue weighted by Crippen LogP contribution is -1.95. The van der Waals surface area contributed by atoms with Crippen LogP contribution in [0.3, 0.4) is 0 Å². The van der Waals surface area contributed by atoms with Gasteiger partial charge in [-0.25, -0.2) is 13.2 Å². The molecule has 1 heterocycles. The van der Waals surface area contributed by atoms with Gasteiger partial charge in [0.2, 0.25) is 0 Å². The average Bonchev–Trinajstić information content (AvgIpc) is 2.26. The number of halogens is 3. The third-order valence-corrected chi connectivity index (χ3v) is 2.27. The molecule has 0 saturated carbocycles. The fourth-order valence-electron chi connectivity index (χ4n) is 1.40. The van der Waals surface area contributed by atoms with Crippen LogP contribution in [0, 0.1) is 24.4 Å². The van der Waals surface area contributed by atoms with E-state index in [2.05, 4.69) is 4.98 Å². The lowest BCUT2D eigenvalue weighted by Gasteiger charge is -2.05. The molecule has 0 aliphatic rings. The van der Waals surface area contributed by atoms with Gasteiger partial charge in [0.1, 0.15) is 5.82 Å². The molecule has 0 aliphatic heterocycles. The Labute approximate surface area is 90.6 Å². The Balaban J connectivity index is 2.61. The second kappa shape index (κ2) is 3.96. The summed E-state index contributed by atoms with van der Waals surface area (Å²) in [5, 5.41) is 0. The molecular weight excluding hydrogens is 215 g/mol. The van der Waals surface area contributed by atoms with E-state index in [9.17, 15) is 13.2 Å². The lowest BCUT2D eigenvalue weighted by molar-refractivity contribution is 0.505. The number of hydrogen-bond donors (Lipinski definition) is 0. The highest BCUT2D eigenvalue weighted by Crippen LogP contribution is 2.24. The standard InChI is InChI=1S/C12H8F3N/c1-7-2-3-9(12(15)11(7)14)10-6-8(13)4-5-16-10/h2-6H,1H3. The molecule has 0 radical (unpaired) electrons. The number of benzene rings is 1. The minimum Gasteiger partial charge on any atom is -0.256 e. The molecule has 0 bridgehead atoms. The average molecular weight is 223 g/mol. The molecule has 4 heteroatoms. The molecule has 1 aromatic carbocycles. The Bertz CT molecular complexity index is 538. The first-order valence-electron chi connectivity index (χ1n) is 4.66. The summed E-state index contributed by atoms with van der Waals surface area (Å²) < 4.78 is 39.7. The Morgan fingerprint density at radius 3 is 2.44 bits per heavy atom. The third-order valence-electron chi connectivity index (χ3n) is 2.27. The summed E-state index contributed by atoms with van der Waals surface area (Å²) in [4.78, 5) is 3.79. The number of hydrogen-bond acceptors (Lipinski definition) is 1. The van der Waals surface area contributed by atoms with Gasteiger partial charge in [-0.3, -0.25) is 4.98 Å². The van der Waals surface area contributed by atoms with Crippen LogP contribution in [0.25, 0.3) is 11.3 Å². The van der Waals surface area contributed by atoms with Gasteiger partial charge in [0, 0.05) is 17.8 Å². The van der Waals surface area contributed by atoms with Gasteiger partial charge < -0.3 is 0 Å². The highest BCUT2D eigenvalue weighted by atomic mass is 19.2. The molecule has 0 N–H and O–H groups in total. The zero-order valence-corrected chi connectivity index (χ0v) is 8.47. The van der Waals surface area contributed by atoms with Crippen LogP contribution < -0.4 is 0 Å².